The highest BCUT2D eigenvalue weighted by atomic mass is 32.3. The van der Waals surface area contributed by atoms with Crippen LogP contribution in [-0.2, 0) is 24.1 Å². The highest BCUT2D eigenvalue weighted by molar-refractivity contribution is 7.80. The number of ether oxygens (including phenoxy) is 1. The molecule has 0 saturated heterocycles. The highest BCUT2D eigenvalue weighted by Gasteiger charge is 2.16. The lowest BCUT2D eigenvalue weighted by Gasteiger charge is -2.31. The lowest BCUT2D eigenvalue weighted by Crippen LogP contribution is -2.46. The minimum atomic E-state index is -4.41. The molecule has 0 atom stereocenters. The molecule has 0 aromatic heterocycles. The van der Waals surface area contributed by atoms with Crippen molar-refractivity contribution in [2.24, 2.45) is 0 Å². The molecule has 0 saturated carbocycles. The second kappa shape index (κ2) is 9.87. The van der Waals surface area contributed by atoms with E-state index in [0.717, 1.165) is 31.2 Å². The summed E-state index contributed by atoms with van der Waals surface area (Å²) < 4.78 is 37.0. The zero-order valence-electron chi connectivity index (χ0n) is 12.8. The molecule has 120 valence electrons. The van der Waals surface area contributed by atoms with Crippen LogP contribution < -0.4 is 0 Å². The first-order valence-corrected chi connectivity index (χ1v) is 7.52. The summed E-state index contributed by atoms with van der Waals surface area (Å²) in [5.74, 6) is -0.288. The predicted octanol–water partition coefficient (Wildman–Crippen LogP) is 0.685. The molecule has 0 aromatic rings. The van der Waals surface area contributed by atoms with Gasteiger partial charge in [-0.05, 0) is 20.8 Å². The van der Waals surface area contributed by atoms with Gasteiger partial charge in [-0.25, -0.2) is 13.2 Å². The second-order valence-corrected chi connectivity index (χ2v) is 5.62. The first kappa shape index (κ1) is 21.3. The fourth-order valence-corrected chi connectivity index (χ4v) is 1.02. The van der Waals surface area contributed by atoms with E-state index in [2.05, 4.69) is 31.7 Å². The van der Waals surface area contributed by atoms with Crippen molar-refractivity contribution >= 4 is 16.4 Å². The van der Waals surface area contributed by atoms with E-state index < -0.39 is 10.4 Å². The molecular weight excluding hydrogens is 286 g/mol. The molecule has 0 unspecified atom stereocenters. The summed E-state index contributed by atoms with van der Waals surface area (Å²) in [6.07, 6.45) is 0. The summed E-state index contributed by atoms with van der Waals surface area (Å²) in [5, 5.41) is 0. The molecule has 0 rings (SSSR count). The van der Waals surface area contributed by atoms with Crippen LogP contribution in [0.3, 0.4) is 0 Å². The standard InChI is InChI=1S/C11H22NO2.CH4O4S/c1-6-12(5,7-2)8-9-14-11(13)10(3)4;1-5-6(2,3)4/h3,6-9H2,1-2,4-5H3;1H3,(H,2,3,4)/q+1;/p-1. The Labute approximate surface area is 121 Å². The van der Waals surface area contributed by atoms with Gasteiger partial charge in [0.2, 0.25) is 10.4 Å². The Kier molecular flexibility index (Phi) is 10.5. The summed E-state index contributed by atoms with van der Waals surface area (Å²) in [6, 6.07) is 0. The molecule has 0 aromatic carbocycles. The van der Waals surface area contributed by atoms with Crippen LogP contribution >= 0.6 is 0 Å². The van der Waals surface area contributed by atoms with E-state index in [1.807, 2.05) is 0 Å². The molecule has 0 amide bonds. The summed E-state index contributed by atoms with van der Waals surface area (Å²) in [6.45, 7) is 12.9. The molecule has 0 radical (unpaired) electrons. The minimum Gasteiger partial charge on any atom is -0.726 e. The van der Waals surface area contributed by atoms with Crippen molar-refractivity contribution in [2.75, 3.05) is 40.4 Å². The Morgan fingerprint density at radius 3 is 1.95 bits per heavy atom. The molecule has 0 N–H and O–H groups in total. The summed E-state index contributed by atoms with van der Waals surface area (Å²) >= 11 is 0. The largest absolute Gasteiger partial charge is 0.726 e. The minimum absolute atomic E-state index is 0.288. The Morgan fingerprint density at radius 2 is 1.70 bits per heavy atom. The second-order valence-electron chi connectivity index (χ2n) is 4.47. The van der Waals surface area contributed by atoms with Gasteiger partial charge >= 0.3 is 5.97 Å². The van der Waals surface area contributed by atoms with E-state index >= 15 is 0 Å². The van der Waals surface area contributed by atoms with Gasteiger partial charge in [0.1, 0.15) is 13.2 Å². The van der Waals surface area contributed by atoms with Gasteiger partial charge < -0.3 is 13.8 Å². The van der Waals surface area contributed by atoms with Crippen LogP contribution in [0.1, 0.15) is 20.8 Å². The molecule has 0 bridgehead atoms. The van der Waals surface area contributed by atoms with Gasteiger partial charge in [-0.3, -0.25) is 4.18 Å². The maximum atomic E-state index is 11.1. The van der Waals surface area contributed by atoms with Crippen molar-refractivity contribution in [1.82, 2.24) is 0 Å². The quantitative estimate of drug-likeness (QED) is 0.226. The molecule has 0 aliphatic carbocycles. The van der Waals surface area contributed by atoms with Crippen LogP contribution in [0, 0.1) is 0 Å². The molecule has 0 aliphatic heterocycles. The third kappa shape index (κ3) is 12.1. The fraction of sp³-hybridized carbons (Fsp3) is 0.750. The van der Waals surface area contributed by atoms with Crippen molar-refractivity contribution < 1.29 is 31.2 Å². The lowest BCUT2D eigenvalue weighted by molar-refractivity contribution is -0.906. The van der Waals surface area contributed by atoms with E-state index in [9.17, 15) is 17.8 Å². The van der Waals surface area contributed by atoms with Gasteiger partial charge in [-0.1, -0.05) is 6.58 Å². The molecule has 0 heterocycles. The van der Waals surface area contributed by atoms with E-state index in [1.165, 1.54) is 0 Å². The van der Waals surface area contributed by atoms with Gasteiger partial charge in [0, 0.05) is 5.57 Å². The van der Waals surface area contributed by atoms with E-state index in [0.29, 0.717) is 12.2 Å². The van der Waals surface area contributed by atoms with Crippen molar-refractivity contribution in [2.45, 2.75) is 20.8 Å². The molecule has 7 nitrogen and oxygen atoms in total. The average molecular weight is 311 g/mol. The smallest absolute Gasteiger partial charge is 0.333 e. The highest BCUT2D eigenvalue weighted by Crippen LogP contribution is 2.01. The third-order valence-corrected chi connectivity index (χ3v) is 3.35. The lowest BCUT2D eigenvalue weighted by atomic mass is 10.3. The van der Waals surface area contributed by atoms with Gasteiger partial charge in [0.05, 0.1) is 27.2 Å². The Morgan fingerprint density at radius 1 is 1.30 bits per heavy atom. The van der Waals surface area contributed by atoms with Crippen LogP contribution in [0.4, 0.5) is 0 Å². The molecule has 0 aliphatic rings. The topological polar surface area (TPSA) is 92.7 Å². The number of likely N-dealkylation sites (N-methyl/N-ethyl adjacent to an activating group) is 1. The third-order valence-electron chi connectivity index (χ3n) is 2.94. The first-order chi connectivity index (χ1) is 9.01. The predicted molar refractivity (Wildman–Crippen MR) is 74.6 cm³/mol. The van der Waals surface area contributed by atoms with Crippen LogP contribution in [0.2, 0.25) is 0 Å². The van der Waals surface area contributed by atoms with Gasteiger partial charge in [-0.2, -0.15) is 0 Å². The molecule has 20 heavy (non-hydrogen) atoms. The fourth-order valence-electron chi connectivity index (χ4n) is 1.02. The van der Waals surface area contributed by atoms with E-state index in [1.54, 1.807) is 6.92 Å². The van der Waals surface area contributed by atoms with Crippen molar-refractivity contribution in [3.05, 3.63) is 12.2 Å². The SMILES string of the molecule is C=C(C)C(=O)OCC[N+](C)(CC)CC.COS(=O)(=O)[O-]. The number of esters is 1. The summed E-state index contributed by atoms with van der Waals surface area (Å²) in [4.78, 5) is 11.1. The maximum Gasteiger partial charge on any atom is 0.333 e. The van der Waals surface area contributed by atoms with Gasteiger partial charge in [-0.15, -0.1) is 0 Å². The van der Waals surface area contributed by atoms with Crippen molar-refractivity contribution in [3.63, 3.8) is 0 Å². The number of carbonyl (C=O) groups excluding carboxylic acids is 1. The molecular formula is C12H25NO6S. The van der Waals surface area contributed by atoms with E-state index in [4.69, 9.17) is 4.74 Å². The molecule has 0 spiro atoms. The number of hydrogen-bond acceptors (Lipinski definition) is 6. The van der Waals surface area contributed by atoms with Crippen LogP contribution in [-0.4, -0.2) is 63.8 Å². The Hall–Kier alpha value is -0.960. The summed E-state index contributed by atoms with van der Waals surface area (Å²) in [5.41, 5.74) is 0.465. The number of quaternary nitrogens is 1. The number of hydrogen-bond donors (Lipinski definition) is 0. The van der Waals surface area contributed by atoms with Crippen LogP contribution in [0.5, 0.6) is 0 Å². The van der Waals surface area contributed by atoms with Crippen molar-refractivity contribution in [3.8, 4) is 0 Å². The van der Waals surface area contributed by atoms with Crippen LogP contribution in [0.15, 0.2) is 12.2 Å². The number of carbonyl (C=O) groups is 1. The first-order valence-electron chi connectivity index (χ1n) is 6.19. The average Bonchev–Trinajstić information content (AvgIpc) is 2.38. The van der Waals surface area contributed by atoms with Crippen molar-refractivity contribution in [1.29, 1.82) is 0 Å². The summed E-state index contributed by atoms with van der Waals surface area (Å²) in [7, 11) is -1.44. The maximum absolute atomic E-state index is 11.1. The van der Waals surface area contributed by atoms with Gasteiger partial charge in [0.25, 0.3) is 0 Å². The zero-order chi connectivity index (χ0) is 16.4. The van der Waals surface area contributed by atoms with Gasteiger partial charge in [0.15, 0.2) is 0 Å². The van der Waals surface area contributed by atoms with Crippen LogP contribution in [0.25, 0.3) is 0 Å². The Balaban J connectivity index is 0. The number of nitrogens with zero attached hydrogens (tertiary/aromatic N) is 1. The molecule has 8 heteroatoms. The monoisotopic (exact) mass is 311 g/mol. The van der Waals surface area contributed by atoms with E-state index in [-0.39, 0.29) is 5.97 Å². The molecule has 0 fully saturated rings. The zero-order valence-corrected chi connectivity index (χ0v) is 13.7. The number of rotatable bonds is 7. The Bertz CT molecular complexity index is 400. The normalized spacial score (nSPS) is 11.3.